The highest BCUT2D eigenvalue weighted by molar-refractivity contribution is 7.89. The Morgan fingerprint density at radius 1 is 0.629 bits per heavy atom. The average molecular weight is 915 g/mol. The molecule has 0 amide bonds. The lowest BCUT2D eigenvalue weighted by Crippen LogP contribution is -2.40. The van der Waals surface area contributed by atoms with E-state index in [2.05, 4.69) is 45.6 Å². The summed E-state index contributed by atoms with van der Waals surface area (Å²) in [5, 5.41) is 29.7. The summed E-state index contributed by atoms with van der Waals surface area (Å²) in [6, 6.07) is 10.4. The molecule has 21 heteroatoms. The van der Waals surface area contributed by atoms with Crippen molar-refractivity contribution in [2.75, 3.05) is 46.5 Å². The van der Waals surface area contributed by atoms with Gasteiger partial charge in [0, 0.05) is 30.8 Å². The Hall–Kier alpha value is -3.73. The molecule has 340 valence electrons. The van der Waals surface area contributed by atoms with Gasteiger partial charge >= 0.3 is 0 Å². The van der Waals surface area contributed by atoms with Gasteiger partial charge in [0.1, 0.15) is 0 Å². The molecule has 62 heavy (non-hydrogen) atoms. The molecule has 2 aliphatic carbocycles. The van der Waals surface area contributed by atoms with Crippen LogP contribution in [0.2, 0.25) is 0 Å². The molecule has 3 N–H and O–H groups in total. The molecular weight excluding hydrogens is 853 g/mol. The minimum Gasteiger partial charge on any atom is -0.315 e. The predicted octanol–water partition coefficient (Wildman–Crippen LogP) is 4.26. The van der Waals surface area contributed by atoms with Gasteiger partial charge in [-0.25, -0.2) is 34.7 Å². The zero-order valence-corrected chi connectivity index (χ0v) is 38.6. The van der Waals surface area contributed by atoms with E-state index in [-0.39, 0.29) is 21.9 Å². The van der Waals surface area contributed by atoms with E-state index in [0.717, 1.165) is 68.3 Å². The van der Waals surface area contributed by atoms with Crippen molar-refractivity contribution >= 4 is 30.1 Å². The van der Waals surface area contributed by atoms with E-state index < -0.39 is 30.1 Å². The van der Waals surface area contributed by atoms with Crippen molar-refractivity contribution < 1.29 is 25.3 Å². The number of rotatable bonds is 13. The van der Waals surface area contributed by atoms with Gasteiger partial charge in [0.15, 0.2) is 0 Å². The summed E-state index contributed by atoms with van der Waals surface area (Å²) in [6.07, 6.45) is 18.9. The summed E-state index contributed by atoms with van der Waals surface area (Å²) < 4.78 is 79.7. The van der Waals surface area contributed by atoms with E-state index in [9.17, 15) is 25.3 Å². The van der Waals surface area contributed by atoms with E-state index in [0.29, 0.717) is 42.1 Å². The molecule has 2 saturated heterocycles. The Morgan fingerprint density at radius 2 is 1.11 bits per heavy atom. The molecule has 0 spiro atoms. The summed E-state index contributed by atoms with van der Waals surface area (Å²) in [7, 11) is -7.64. The van der Waals surface area contributed by atoms with Crippen LogP contribution in [0.15, 0.2) is 46.2 Å². The van der Waals surface area contributed by atoms with E-state index >= 15 is 0 Å². The van der Waals surface area contributed by atoms with Gasteiger partial charge < -0.3 is 5.32 Å². The van der Waals surface area contributed by atoms with Crippen molar-refractivity contribution in [2.45, 2.75) is 125 Å². The monoisotopic (exact) mass is 914 g/mol. The fourth-order valence-electron chi connectivity index (χ4n) is 9.27. The largest absolute Gasteiger partial charge is 0.315 e. The molecule has 0 bridgehead atoms. The third kappa shape index (κ3) is 11.5. The van der Waals surface area contributed by atoms with Crippen LogP contribution >= 0.6 is 0 Å². The topological polar surface area (TPSA) is 229 Å². The SMILES string of the molecule is CNS(=O)(=O)c1ccc(CC2CCCCC2)c(-c2nnn(C3CCCN(S(C)(=O)=O)C3)n2)c1.CNS(=O)(=O)c1ccc(CC2CCCCC2)c(-c2nnn(C3CCCNC3)n2)c1. The Bertz CT molecular complexity index is 2460. The molecule has 4 heterocycles. The maximum Gasteiger partial charge on any atom is 0.240 e. The summed E-state index contributed by atoms with van der Waals surface area (Å²) in [6.45, 7) is 2.65. The number of hydrogen-bond acceptors (Lipinski definition) is 13. The fraction of sp³-hybridized carbons (Fsp3) is 0.659. The zero-order valence-electron chi connectivity index (χ0n) is 36.1. The predicted molar refractivity (Wildman–Crippen MR) is 235 cm³/mol. The Kier molecular flexibility index (Phi) is 15.2. The first-order valence-electron chi connectivity index (χ1n) is 22.1. The molecule has 18 nitrogen and oxygen atoms in total. The number of sulfonamides is 3. The van der Waals surface area contributed by atoms with Crippen molar-refractivity contribution in [2.24, 2.45) is 11.8 Å². The molecule has 2 saturated carbocycles. The van der Waals surface area contributed by atoms with Crippen molar-refractivity contribution in [1.82, 2.24) is 59.5 Å². The van der Waals surface area contributed by atoms with Crippen LogP contribution in [-0.4, -0.2) is 117 Å². The van der Waals surface area contributed by atoms with Crippen molar-refractivity contribution in [3.63, 3.8) is 0 Å². The highest BCUT2D eigenvalue weighted by atomic mass is 32.2. The summed E-state index contributed by atoms with van der Waals surface area (Å²) in [5.74, 6) is 2.06. The molecule has 4 aromatic rings. The lowest BCUT2D eigenvalue weighted by molar-refractivity contribution is 0.236. The summed E-state index contributed by atoms with van der Waals surface area (Å²) in [5.41, 5.74) is 3.56. The van der Waals surface area contributed by atoms with E-state index in [4.69, 9.17) is 0 Å². The molecule has 2 aromatic heterocycles. The Balaban J connectivity index is 0.000000188. The highest BCUT2D eigenvalue weighted by Crippen LogP contribution is 2.34. The number of hydrogen-bond donors (Lipinski definition) is 3. The normalized spacial score (nSPS) is 21.3. The molecule has 4 aliphatic rings. The Labute approximate surface area is 366 Å². The maximum absolute atomic E-state index is 12.4. The van der Waals surface area contributed by atoms with Crippen LogP contribution in [0.4, 0.5) is 0 Å². The molecular formula is C41H62N12O6S3. The Morgan fingerprint density at radius 3 is 1.56 bits per heavy atom. The van der Waals surface area contributed by atoms with Crippen LogP contribution in [0.25, 0.3) is 22.8 Å². The first kappa shape index (κ1) is 46.3. The molecule has 8 rings (SSSR count). The fourth-order valence-corrected chi connectivity index (χ4v) is 11.7. The smallest absolute Gasteiger partial charge is 0.240 e. The first-order valence-corrected chi connectivity index (χ1v) is 26.9. The van der Waals surface area contributed by atoms with Crippen LogP contribution < -0.4 is 14.8 Å². The van der Waals surface area contributed by atoms with Crippen LogP contribution in [0.1, 0.15) is 113 Å². The van der Waals surface area contributed by atoms with Crippen molar-refractivity contribution in [1.29, 1.82) is 0 Å². The van der Waals surface area contributed by atoms with Gasteiger partial charge in [0.05, 0.1) is 28.1 Å². The zero-order chi connectivity index (χ0) is 43.9. The highest BCUT2D eigenvalue weighted by Gasteiger charge is 2.30. The third-order valence-corrected chi connectivity index (χ3v) is 17.0. The van der Waals surface area contributed by atoms with Crippen LogP contribution in [0, 0.1) is 11.8 Å². The molecule has 2 aromatic carbocycles. The van der Waals surface area contributed by atoms with E-state index in [1.807, 2.05) is 12.1 Å². The minimum atomic E-state index is -3.62. The van der Waals surface area contributed by atoms with Crippen LogP contribution in [0.5, 0.6) is 0 Å². The third-order valence-electron chi connectivity index (χ3n) is 12.9. The molecule has 0 radical (unpaired) electrons. The standard InChI is InChI=1S/C21H32N6O4S2.C20H30N6O2S/c1-22-33(30,31)19-11-10-17(13-16-7-4-3-5-8-16)20(14-19)21-23-25-27(24-21)18-9-6-12-26(15-18)32(2,28)29;1-21-29(27,28)18-10-9-16(12-15-6-3-2-4-7-15)19(13-18)20-23-25-26(24-20)17-8-5-11-22-14-17/h10-11,14,16,18,22H,3-9,12-13,15H2,1-2H3;9-10,13,15,17,21-22H,2-8,11-12,14H2,1H3. The van der Waals surface area contributed by atoms with Gasteiger partial charge in [-0.3, -0.25) is 0 Å². The van der Waals surface area contributed by atoms with Crippen LogP contribution in [-0.2, 0) is 42.9 Å². The second-order valence-electron chi connectivity index (χ2n) is 17.3. The van der Waals surface area contributed by atoms with E-state index in [1.165, 1.54) is 93.7 Å². The second-order valence-corrected chi connectivity index (χ2v) is 23.0. The van der Waals surface area contributed by atoms with Gasteiger partial charge in [-0.1, -0.05) is 76.3 Å². The number of tetrazole rings is 2. The number of piperidine rings is 2. The maximum atomic E-state index is 12.4. The van der Waals surface area contributed by atoms with Crippen molar-refractivity contribution in [3.8, 4) is 22.8 Å². The lowest BCUT2D eigenvalue weighted by Gasteiger charge is -2.29. The van der Waals surface area contributed by atoms with Gasteiger partial charge in [-0.15, -0.1) is 20.4 Å². The first-order chi connectivity index (χ1) is 29.7. The molecule has 2 aliphatic heterocycles. The average Bonchev–Trinajstić information content (AvgIpc) is 3.99. The number of benzene rings is 2. The van der Waals surface area contributed by atoms with Gasteiger partial charge in [0.25, 0.3) is 0 Å². The lowest BCUT2D eigenvalue weighted by atomic mass is 9.84. The minimum absolute atomic E-state index is 0.157. The molecule has 2 atom stereocenters. The second kappa shape index (κ2) is 20.4. The summed E-state index contributed by atoms with van der Waals surface area (Å²) >= 11 is 0. The van der Waals surface area contributed by atoms with Gasteiger partial charge in [-0.05, 0) is 117 Å². The van der Waals surface area contributed by atoms with Crippen molar-refractivity contribution in [3.05, 3.63) is 47.5 Å². The van der Waals surface area contributed by atoms with E-state index in [1.54, 1.807) is 29.1 Å². The molecule has 4 fully saturated rings. The summed E-state index contributed by atoms with van der Waals surface area (Å²) in [4.78, 5) is 3.56. The van der Waals surface area contributed by atoms with Crippen LogP contribution in [0.3, 0.4) is 0 Å². The van der Waals surface area contributed by atoms with Gasteiger partial charge in [-0.2, -0.15) is 13.9 Å². The number of nitrogens with zero attached hydrogens (tertiary/aromatic N) is 9. The quantitative estimate of drug-likeness (QED) is 0.171. The number of nitrogens with one attached hydrogen (secondary N) is 3. The molecule has 2 unspecified atom stereocenters. The number of aromatic nitrogens is 8. The van der Waals surface area contributed by atoms with Gasteiger partial charge in [0.2, 0.25) is 41.7 Å².